The van der Waals surface area contributed by atoms with E-state index < -0.39 is 10.0 Å². The Labute approximate surface area is 127 Å². The first-order valence-corrected chi connectivity index (χ1v) is 8.27. The van der Waals surface area contributed by atoms with Crippen molar-refractivity contribution in [3.05, 3.63) is 58.1 Å². The summed E-state index contributed by atoms with van der Waals surface area (Å²) in [6.45, 7) is 2.20. The lowest BCUT2D eigenvalue weighted by Gasteiger charge is -2.09. The summed E-state index contributed by atoms with van der Waals surface area (Å²) >= 11 is 3.24. The Morgan fingerprint density at radius 1 is 1.20 bits per heavy atom. The zero-order chi connectivity index (χ0) is 14.8. The molecule has 4 nitrogen and oxygen atoms in total. The number of sulfonamides is 1. The van der Waals surface area contributed by atoms with Gasteiger partial charge in [0.2, 0.25) is 10.0 Å². The first kappa shape index (κ1) is 15.0. The van der Waals surface area contributed by atoms with E-state index in [1.807, 2.05) is 31.2 Å². The van der Waals surface area contributed by atoms with E-state index in [0.29, 0.717) is 10.2 Å². The number of aryl methyl sites for hydroxylation is 1. The van der Waals surface area contributed by atoms with Crippen molar-refractivity contribution in [2.75, 3.05) is 5.73 Å². The van der Waals surface area contributed by atoms with Gasteiger partial charge in [-0.1, -0.05) is 24.3 Å². The van der Waals surface area contributed by atoms with Gasteiger partial charge in [0.15, 0.2) is 0 Å². The van der Waals surface area contributed by atoms with E-state index in [-0.39, 0.29) is 11.4 Å². The fraction of sp³-hybridized carbons (Fsp3) is 0.143. The maximum atomic E-state index is 12.2. The Morgan fingerprint density at radius 2 is 1.90 bits per heavy atom. The minimum absolute atomic E-state index is 0.159. The van der Waals surface area contributed by atoms with E-state index in [0.717, 1.165) is 11.1 Å². The van der Waals surface area contributed by atoms with Crippen LogP contribution >= 0.6 is 15.9 Å². The molecule has 0 aliphatic heterocycles. The maximum absolute atomic E-state index is 12.2. The molecule has 0 saturated carbocycles. The molecule has 0 fully saturated rings. The molecule has 2 aromatic carbocycles. The molecule has 0 aromatic heterocycles. The third-order valence-corrected chi connectivity index (χ3v) is 5.11. The SMILES string of the molecule is Cc1ccccc1CNS(=O)(=O)c1ccc(Br)c(N)c1. The second kappa shape index (κ2) is 5.95. The summed E-state index contributed by atoms with van der Waals surface area (Å²) < 4.78 is 27.7. The standard InChI is InChI=1S/C14H15BrN2O2S/c1-10-4-2-3-5-11(10)9-17-20(18,19)12-6-7-13(15)14(16)8-12/h2-8,17H,9,16H2,1H3. The highest BCUT2D eigenvalue weighted by molar-refractivity contribution is 9.10. The van der Waals surface area contributed by atoms with Crippen molar-refractivity contribution in [1.82, 2.24) is 4.72 Å². The third kappa shape index (κ3) is 3.39. The van der Waals surface area contributed by atoms with Crippen molar-refractivity contribution >= 4 is 31.6 Å². The number of rotatable bonds is 4. The lowest BCUT2D eigenvalue weighted by molar-refractivity contribution is 0.581. The number of hydrogen-bond donors (Lipinski definition) is 2. The van der Waals surface area contributed by atoms with Crippen LogP contribution in [0.3, 0.4) is 0 Å². The first-order chi connectivity index (χ1) is 9.40. The van der Waals surface area contributed by atoms with E-state index in [4.69, 9.17) is 5.73 Å². The Bertz CT molecular complexity index is 730. The van der Waals surface area contributed by atoms with Gasteiger partial charge in [-0.15, -0.1) is 0 Å². The number of hydrogen-bond acceptors (Lipinski definition) is 3. The fourth-order valence-electron chi connectivity index (χ4n) is 1.75. The van der Waals surface area contributed by atoms with Crippen molar-refractivity contribution in [3.63, 3.8) is 0 Å². The van der Waals surface area contributed by atoms with Crippen LogP contribution < -0.4 is 10.5 Å². The topological polar surface area (TPSA) is 72.2 Å². The Balaban J connectivity index is 2.19. The third-order valence-electron chi connectivity index (χ3n) is 2.99. The zero-order valence-electron chi connectivity index (χ0n) is 10.9. The maximum Gasteiger partial charge on any atom is 0.240 e. The van der Waals surface area contributed by atoms with Gasteiger partial charge in [-0.25, -0.2) is 13.1 Å². The molecule has 0 heterocycles. The van der Waals surface area contributed by atoms with Gasteiger partial charge in [-0.3, -0.25) is 0 Å². The van der Waals surface area contributed by atoms with Crippen LogP contribution in [-0.4, -0.2) is 8.42 Å². The second-order valence-electron chi connectivity index (χ2n) is 4.43. The fourth-order valence-corrected chi connectivity index (χ4v) is 3.04. The van der Waals surface area contributed by atoms with Crippen LogP contribution in [0.1, 0.15) is 11.1 Å². The molecule has 3 N–H and O–H groups in total. The summed E-state index contributed by atoms with van der Waals surface area (Å²) in [5, 5.41) is 0. The van der Waals surface area contributed by atoms with Crippen molar-refractivity contribution < 1.29 is 8.42 Å². The molecule has 0 radical (unpaired) electrons. The van der Waals surface area contributed by atoms with Crippen molar-refractivity contribution in [3.8, 4) is 0 Å². The summed E-state index contributed by atoms with van der Waals surface area (Å²) in [5.74, 6) is 0. The predicted octanol–water partition coefficient (Wildman–Crippen LogP) is 2.82. The van der Waals surface area contributed by atoms with Crippen LogP contribution in [0.4, 0.5) is 5.69 Å². The molecule has 0 atom stereocenters. The molecule has 6 heteroatoms. The lowest BCUT2D eigenvalue weighted by atomic mass is 10.1. The number of anilines is 1. The van der Waals surface area contributed by atoms with E-state index >= 15 is 0 Å². The van der Waals surface area contributed by atoms with Crippen LogP contribution in [0.2, 0.25) is 0 Å². The number of nitrogens with one attached hydrogen (secondary N) is 1. The lowest BCUT2D eigenvalue weighted by Crippen LogP contribution is -2.23. The summed E-state index contributed by atoms with van der Waals surface area (Å²) in [6.07, 6.45) is 0. The predicted molar refractivity (Wildman–Crippen MR) is 83.8 cm³/mol. The smallest absolute Gasteiger partial charge is 0.240 e. The molecule has 0 aliphatic rings. The Hall–Kier alpha value is -1.37. The van der Waals surface area contributed by atoms with Crippen LogP contribution in [0.5, 0.6) is 0 Å². The number of nitrogens with two attached hydrogens (primary N) is 1. The van der Waals surface area contributed by atoms with Crippen LogP contribution in [0.25, 0.3) is 0 Å². The van der Waals surface area contributed by atoms with Crippen LogP contribution in [0, 0.1) is 6.92 Å². The van der Waals surface area contributed by atoms with Gasteiger partial charge in [-0.2, -0.15) is 0 Å². The first-order valence-electron chi connectivity index (χ1n) is 5.99. The molecule has 20 heavy (non-hydrogen) atoms. The molecule has 0 spiro atoms. The molecule has 2 rings (SSSR count). The summed E-state index contributed by atoms with van der Waals surface area (Å²) in [4.78, 5) is 0.159. The molecule has 0 amide bonds. The Morgan fingerprint density at radius 3 is 2.55 bits per heavy atom. The van der Waals surface area contributed by atoms with Gasteiger partial charge < -0.3 is 5.73 Å². The van der Waals surface area contributed by atoms with Gasteiger partial charge in [0, 0.05) is 16.7 Å². The van der Waals surface area contributed by atoms with Crippen molar-refractivity contribution in [1.29, 1.82) is 0 Å². The highest BCUT2D eigenvalue weighted by atomic mass is 79.9. The molecule has 106 valence electrons. The number of nitrogen functional groups attached to an aromatic ring is 1. The highest BCUT2D eigenvalue weighted by Crippen LogP contribution is 2.22. The van der Waals surface area contributed by atoms with Crippen LogP contribution in [0.15, 0.2) is 51.8 Å². The van der Waals surface area contributed by atoms with E-state index in [9.17, 15) is 8.42 Å². The van der Waals surface area contributed by atoms with E-state index in [1.54, 1.807) is 6.07 Å². The molecule has 0 aliphatic carbocycles. The molecule has 0 saturated heterocycles. The quantitative estimate of drug-likeness (QED) is 0.829. The van der Waals surface area contributed by atoms with Gasteiger partial charge in [-0.05, 0) is 52.2 Å². The largest absolute Gasteiger partial charge is 0.398 e. The monoisotopic (exact) mass is 354 g/mol. The van der Waals surface area contributed by atoms with Gasteiger partial charge in [0.05, 0.1) is 4.90 Å². The van der Waals surface area contributed by atoms with Crippen molar-refractivity contribution in [2.24, 2.45) is 0 Å². The molecular formula is C14H15BrN2O2S. The van der Waals surface area contributed by atoms with Crippen molar-refractivity contribution in [2.45, 2.75) is 18.4 Å². The minimum atomic E-state index is -3.57. The molecule has 0 bridgehead atoms. The summed E-state index contributed by atoms with van der Waals surface area (Å²) in [5.41, 5.74) is 8.09. The normalized spacial score (nSPS) is 11.5. The van der Waals surface area contributed by atoms with E-state index in [2.05, 4.69) is 20.7 Å². The summed E-state index contributed by atoms with van der Waals surface area (Å²) in [6, 6.07) is 12.2. The number of benzene rings is 2. The zero-order valence-corrected chi connectivity index (χ0v) is 13.3. The van der Waals surface area contributed by atoms with E-state index in [1.165, 1.54) is 12.1 Å². The van der Waals surface area contributed by atoms with Crippen LogP contribution in [-0.2, 0) is 16.6 Å². The molecule has 0 unspecified atom stereocenters. The molecule has 2 aromatic rings. The second-order valence-corrected chi connectivity index (χ2v) is 7.06. The van der Waals surface area contributed by atoms with Gasteiger partial charge >= 0.3 is 0 Å². The highest BCUT2D eigenvalue weighted by Gasteiger charge is 2.15. The summed E-state index contributed by atoms with van der Waals surface area (Å²) in [7, 11) is -3.57. The average Bonchev–Trinajstić information content (AvgIpc) is 2.41. The molecular weight excluding hydrogens is 340 g/mol. The van der Waals surface area contributed by atoms with Gasteiger partial charge in [0.1, 0.15) is 0 Å². The average molecular weight is 355 g/mol. The minimum Gasteiger partial charge on any atom is -0.398 e. The Kier molecular flexibility index (Phi) is 4.47. The number of halogens is 1. The van der Waals surface area contributed by atoms with Gasteiger partial charge in [0.25, 0.3) is 0 Å².